The number of rotatable bonds is 7. The highest BCUT2D eigenvalue weighted by Crippen LogP contribution is 2.31. The third-order valence-electron chi connectivity index (χ3n) is 6.17. The predicted molar refractivity (Wildman–Crippen MR) is 108 cm³/mol. The van der Waals surface area contributed by atoms with Gasteiger partial charge in [0.05, 0.1) is 6.10 Å². The number of aromatic amines is 1. The summed E-state index contributed by atoms with van der Waals surface area (Å²) in [5, 5.41) is 2.75. The number of aromatic nitrogens is 1. The lowest BCUT2D eigenvalue weighted by Crippen LogP contribution is -2.52. The van der Waals surface area contributed by atoms with E-state index in [0.29, 0.717) is 12.5 Å². The summed E-state index contributed by atoms with van der Waals surface area (Å²) in [5.74, 6) is 1.05. The molecular weight excluding hydrogens is 372 g/mol. The number of carbonyl (C=O) groups is 2. The molecule has 0 spiro atoms. The van der Waals surface area contributed by atoms with Gasteiger partial charge in [0.25, 0.3) is 11.5 Å². The lowest BCUT2D eigenvalue weighted by atomic mass is 9.95. The molecule has 3 heterocycles. The second kappa shape index (κ2) is 9.09. The SMILES string of the molecule is O=C(NC[C@H]1CN(CC2CCN(CC3CC3)CC2)C(=O)CO1)c1ccc[nH]c1=O. The summed E-state index contributed by atoms with van der Waals surface area (Å²) in [4.78, 5) is 43.2. The van der Waals surface area contributed by atoms with E-state index in [1.165, 1.54) is 31.6 Å². The van der Waals surface area contributed by atoms with Crippen LogP contribution in [0, 0.1) is 11.8 Å². The van der Waals surface area contributed by atoms with Crippen LogP contribution in [0.25, 0.3) is 0 Å². The van der Waals surface area contributed by atoms with Gasteiger partial charge in [-0.05, 0) is 62.7 Å². The molecule has 0 bridgehead atoms. The minimum absolute atomic E-state index is 0.0208. The molecule has 1 aromatic rings. The molecule has 2 N–H and O–H groups in total. The first-order valence-corrected chi connectivity index (χ1v) is 10.7. The van der Waals surface area contributed by atoms with Crippen LogP contribution >= 0.6 is 0 Å². The summed E-state index contributed by atoms with van der Waals surface area (Å²) < 4.78 is 5.59. The maximum absolute atomic E-state index is 12.3. The molecule has 4 rings (SSSR count). The fraction of sp³-hybridized carbons (Fsp3) is 0.667. The summed E-state index contributed by atoms with van der Waals surface area (Å²) in [5.41, 5.74) is -0.339. The first kappa shape index (κ1) is 20.1. The molecule has 2 amide bonds. The number of morpholine rings is 1. The van der Waals surface area contributed by atoms with Gasteiger partial charge in [0.15, 0.2) is 0 Å². The summed E-state index contributed by atoms with van der Waals surface area (Å²) in [6.07, 6.45) is 6.28. The van der Waals surface area contributed by atoms with Gasteiger partial charge >= 0.3 is 0 Å². The number of piperidine rings is 1. The van der Waals surface area contributed by atoms with Crippen LogP contribution < -0.4 is 10.9 Å². The summed E-state index contributed by atoms with van der Waals surface area (Å²) in [6, 6.07) is 3.10. The van der Waals surface area contributed by atoms with Crippen LogP contribution in [0.5, 0.6) is 0 Å². The average Bonchev–Trinajstić information content (AvgIpc) is 3.54. The van der Waals surface area contributed by atoms with E-state index in [2.05, 4.69) is 15.2 Å². The standard InChI is InChI=1S/C21H30N4O4/c26-19-14-29-17(10-23-21(28)18-2-1-7-22-20(18)27)13-25(19)12-16-5-8-24(9-6-16)11-15-3-4-15/h1-2,7,15-17H,3-6,8-14H2,(H,22,27)(H,23,28)/t17-/m0/s1. The highest BCUT2D eigenvalue weighted by molar-refractivity contribution is 5.93. The number of nitrogens with one attached hydrogen (secondary N) is 2. The Bertz CT molecular complexity index is 783. The van der Waals surface area contributed by atoms with E-state index in [0.717, 1.165) is 38.4 Å². The molecule has 0 unspecified atom stereocenters. The van der Waals surface area contributed by atoms with Gasteiger partial charge in [0.2, 0.25) is 5.91 Å². The molecular formula is C21H30N4O4. The molecule has 29 heavy (non-hydrogen) atoms. The molecule has 0 radical (unpaired) electrons. The van der Waals surface area contributed by atoms with Crippen LogP contribution in [0.2, 0.25) is 0 Å². The largest absolute Gasteiger partial charge is 0.365 e. The molecule has 3 aliphatic rings. The third kappa shape index (κ3) is 5.45. The second-order valence-corrected chi connectivity index (χ2v) is 8.54. The Morgan fingerprint density at radius 2 is 1.90 bits per heavy atom. The normalized spacial score (nSPS) is 23.9. The Kier molecular flexibility index (Phi) is 6.30. The average molecular weight is 402 g/mol. The Balaban J connectivity index is 1.23. The van der Waals surface area contributed by atoms with Gasteiger partial charge < -0.3 is 24.8 Å². The van der Waals surface area contributed by atoms with Gasteiger partial charge in [-0.3, -0.25) is 14.4 Å². The van der Waals surface area contributed by atoms with E-state index in [9.17, 15) is 14.4 Å². The van der Waals surface area contributed by atoms with Gasteiger partial charge in [-0.25, -0.2) is 0 Å². The van der Waals surface area contributed by atoms with Crippen LogP contribution in [0.3, 0.4) is 0 Å². The Morgan fingerprint density at radius 1 is 1.14 bits per heavy atom. The van der Waals surface area contributed by atoms with Crippen LogP contribution in [0.15, 0.2) is 23.1 Å². The van der Waals surface area contributed by atoms with Crippen molar-refractivity contribution in [2.24, 2.45) is 11.8 Å². The van der Waals surface area contributed by atoms with E-state index in [4.69, 9.17) is 4.74 Å². The van der Waals surface area contributed by atoms with Crippen molar-refractivity contribution in [1.29, 1.82) is 0 Å². The number of likely N-dealkylation sites (tertiary alicyclic amines) is 1. The first-order valence-electron chi connectivity index (χ1n) is 10.7. The van der Waals surface area contributed by atoms with Crippen LogP contribution in [-0.2, 0) is 9.53 Å². The highest BCUT2D eigenvalue weighted by atomic mass is 16.5. The summed E-state index contributed by atoms with van der Waals surface area (Å²) in [6.45, 7) is 5.07. The van der Waals surface area contributed by atoms with Crippen molar-refractivity contribution in [3.8, 4) is 0 Å². The molecule has 8 nitrogen and oxygen atoms in total. The van der Waals surface area contributed by atoms with Crippen molar-refractivity contribution in [2.75, 3.05) is 45.9 Å². The van der Waals surface area contributed by atoms with E-state index in [-0.39, 0.29) is 30.7 Å². The molecule has 0 aromatic carbocycles. The fourth-order valence-corrected chi connectivity index (χ4v) is 4.21. The Morgan fingerprint density at radius 3 is 2.62 bits per heavy atom. The molecule has 158 valence electrons. The topological polar surface area (TPSA) is 94.7 Å². The first-order chi connectivity index (χ1) is 14.1. The van der Waals surface area contributed by atoms with Crippen LogP contribution in [-0.4, -0.2) is 78.6 Å². The number of carbonyl (C=O) groups excluding carboxylic acids is 2. The van der Waals surface area contributed by atoms with Crippen molar-refractivity contribution in [2.45, 2.75) is 31.8 Å². The summed E-state index contributed by atoms with van der Waals surface area (Å²) in [7, 11) is 0. The lowest BCUT2D eigenvalue weighted by Gasteiger charge is -2.38. The molecule has 3 fully saturated rings. The third-order valence-corrected chi connectivity index (χ3v) is 6.17. The van der Waals surface area contributed by atoms with E-state index in [1.54, 1.807) is 6.07 Å². The number of amides is 2. The monoisotopic (exact) mass is 402 g/mol. The molecule has 1 aliphatic carbocycles. The predicted octanol–water partition coefficient (Wildman–Crippen LogP) is 0.454. The molecule has 1 atom stereocenters. The molecule has 8 heteroatoms. The minimum atomic E-state index is -0.429. The van der Waals surface area contributed by atoms with E-state index < -0.39 is 11.5 Å². The maximum atomic E-state index is 12.3. The number of hydrogen-bond donors (Lipinski definition) is 2. The maximum Gasteiger partial charge on any atom is 0.260 e. The zero-order valence-corrected chi connectivity index (χ0v) is 16.8. The van der Waals surface area contributed by atoms with E-state index >= 15 is 0 Å². The van der Waals surface area contributed by atoms with Gasteiger partial charge in [-0.2, -0.15) is 0 Å². The number of pyridine rings is 1. The fourth-order valence-electron chi connectivity index (χ4n) is 4.21. The van der Waals surface area contributed by atoms with Gasteiger partial charge in [-0.1, -0.05) is 0 Å². The highest BCUT2D eigenvalue weighted by Gasteiger charge is 2.31. The molecule has 2 aliphatic heterocycles. The van der Waals surface area contributed by atoms with E-state index in [1.807, 2.05) is 4.90 Å². The van der Waals surface area contributed by atoms with Crippen LogP contribution in [0.4, 0.5) is 0 Å². The van der Waals surface area contributed by atoms with Crippen molar-refractivity contribution in [1.82, 2.24) is 20.1 Å². The molecule has 1 aromatic heterocycles. The Labute approximate surface area is 170 Å². The lowest BCUT2D eigenvalue weighted by molar-refractivity contribution is -0.149. The minimum Gasteiger partial charge on any atom is -0.365 e. The van der Waals surface area contributed by atoms with Gasteiger partial charge in [0, 0.05) is 32.4 Å². The molecule has 1 saturated carbocycles. The number of ether oxygens (including phenoxy) is 1. The smallest absolute Gasteiger partial charge is 0.260 e. The van der Waals surface area contributed by atoms with Crippen molar-refractivity contribution < 1.29 is 14.3 Å². The van der Waals surface area contributed by atoms with Gasteiger partial charge in [0.1, 0.15) is 12.2 Å². The number of H-pyrrole nitrogens is 1. The Hall–Kier alpha value is -2.19. The second-order valence-electron chi connectivity index (χ2n) is 8.54. The quantitative estimate of drug-likeness (QED) is 0.691. The van der Waals surface area contributed by atoms with Gasteiger partial charge in [-0.15, -0.1) is 0 Å². The zero-order chi connectivity index (χ0) is 20.2. The number of nitrogens with zero attached hydrogens (tertiary/aromatic N) is 2. The molecule has 2 saturated heterocycles. The zero-order valence-electron chi connectivity index (χ0n) is 16.8. The number of hydrogen-bond acceptors (Lipinski definition) is 5. The van der Waals surface area contributed by atoms with Crippen molar-refractivity contribution >= 4 is 11.8 Å². The van der Waals surface area contributed by atoms with Crippen molar-refractivity contribution in [3.05, 3.63) is 34.2 Å². The van der Waals surface area contributed by atoms with Crippen LogP contribution in [0.1, 0.15) is 36.0 Å². The van der Waals surface area contributed by atoms with Crippen molar-refractivity contribution in [3.63, 3.8) is 0 Å². The summed E-state index contributed by atoms with van der Waals surface area (Å²) >= 11 is 0.